The van der Waals surface area contributed by atoms with Gasteiger partial charge in [0, 0.05) is 39.5 Å². The van der Waals surface area contributed by atoms with Crippen molar-refractivity contribution in [2.75, 3.05) is 10.7 Å². The van der Waals surface area contributed by atoms with Crippen LogP contribution in [-0.2, 0) is 16.7 Å². The largest absolute Gasteiger partial charge is 0.332 e. The average Bonchev–Trinajstić information content (AvgIpc) is 3.40. The Labute approximate surface area is 242 Å². The zero-order valence-electron chi connectivity index (χ0n) is 21.2. The van der Waals surface area contributed by atoms with E-state index in [1.165, 1.54) is 53.3 Å². The summed E-state index contributed by atoms with van der Waals surface area (Å²) in [5, 5.41) is 3.64. The second-order valence-electron chi connectivity index (χ2n) is 9.77. The van der Waals surface area contributed by atoms with Crippen molar-refractivity contribution in [2.45, 2.75) is 69.4 Å². The molecule has 1 fully saturated rings. The van der Waals surface area contributed by atoms with Crippen LogP contribution in [0.2, 0.25) is 10.0 Å². The van der Waals surface area contributed by atoms with Gasteiger partial charge in [0.15, 0.2) is 6.54 Å². The number of fused-ring (bicyclic) bond motifs is 2. The molecule has 0 unspecified atom stereocenters. The second kappa shape index (κ2) is 11.9. The molecule has 0 bridgehead atoms. The number of hydrogen-bond donors (Lipinski definition) is 1. The maximum absolute atomic E-state index is 11.3. The zero-order chi connectivity index (χ0) is 26.9. The Bertz CT molecular complexity index is 1510. The van der Waals surface area contributed by atoms with Gasteiger partial charge in [0.2, 0.25) is 5.52 Å². The lowest BCUT2D eigenvalue weighted by atomic mass is 9.94. The Hall–Kier alpha value is -1.55. The molecule has 3 aromatic rings. The van der Waals surface area contributed by atoms with Gasteiger partial charge in [-0.05, 0) is 61.2 Å². The smallest absolute Gasteiger partial charge is 0.265 e. The maximum atomic E-state index is 11.3. The topological polar surface area (TPSA) is 61.5 Å². The fourth-order valence-electron chi connectivity index (χ4n) is 5.24. The van der Waals surface area contributed by atoms with Crippen LogP contribution in [0.5, 0.6) is 0 Å². The Morgan fingerprint density at radius 1 is 1.13 bits per heavy atom. The number of halogens is 2. The molecule has 2 aliphatic rings. The summed E-state index contributed by atoms with van der Waals surface area (Å²) in [6, 6.07) is 12.4. The lowest BCUT2D eigenvalue weighted by molar-refractivity contribution is -0.668. The minimum absolute atomic E-state index is 0.278. The van der Waals surface area contributed by atoms with Crippen molar-refractivity contribution >= 4 is 78.4 Å². The molecule has 1 N–H and O–H groups in total. The van der Waals surface area contributed by atoms with Gasteiger partial charge < -0.3 is 4.90 Å². The monoisotopic (exact) mass is 609 g/mol. The molecule has 38 heavy (non-hydrogen) atoms. The number of thioether (sulfide) groups is 1. The highest BCUT2D eigenvalue weighted by Crippen LogP contribution is 2.50. The number of allylic oxidation sites excluding steroid dienone is 2. The first-order valence-electron chi connectivity index (χ1n) is 13.0. The van der Waals surface area contributed by atoms with Crippen LogP contribution in [0.15, 0.2) is 58.0 Å². The van der Waals surface area contributed by atoms with E-state index in [9.17, 15) is 13.0 Å². The van der Waals surface area contributed by atoms with E-state index in [0.29, 0.717) is 24.0 Å². The third kappa shape index (κ3) is 6.43. The summed E-state index contributed by atoms with van der Waals surface area (Å²) in [6.45, 7) is 2.62. The minimum atomic E-state index is -4.02. The van der Waals surface area contributed by atoms with Crippen molar-refractivity contribution in [2.24, 2.45) is 0 Å². The van der Waals surface area contributed by atoms with E-state index in [4.69, 9.17) is 23.2 Å². The zero-order valence-corrected chi connectivity index (χ0v) is 25.2. The third-order valence-corrected chi connectivity index (χ3v) is 10.6. The summed E-state index contributed by atoms with van der Waals surface area (Å²) in [6.07, 6.45) is 11.8. The number of hydrogen-bond acceptors (Lipinski definition) is 5. The number of anilines is 1. The molecule has 0 amide bonds. The molecule has 2 aromatic carbocycles. The fourth-order valence-corrected chi connectivity index (χ4v) is 8.39. The first kappa shape index (κ1) is 28.0. The van der Waals surface area contributed by atoms with E-state index in [1.807, 2.05) is 24.3 Å². The van der Waals surface area contributed by atoms with Crippen molar-refractivity contribution in [1.82, 2.24) is 0 Å². The Kier molecular flexibility index (Phi) is 8.77. The van der Waals surface area contributed by atoms with Crippen molar-refractivity contribution in [3.63, 3.8) is 0 Å². The highest BCUT2D eigenvalue weighted by atomic mass is 35.5. The first-order valence-corrected chi connectivity index (χ1v) is 17.0. The van der Waals surface area contributed by atoms with Gasteiger partial charge in [0.05, 0.1) is 16.5 Å². The molecule has 1 aliphatic heterocycles. The van der Waals surface area contributed by atoms with Crippen LogP contribution < -0.4 is 9.47 Å². The molecule has 0 saturated heterocycles. The fraction of sp³-hybridized carbons (Fsp3) is 0.393. The molecule has 5 rings (SSSR count). The summed E-state index contributed by atoms with van der Waals surface area (Å²) < 4.78 is 35.1. The number of rotatable bonds is 8. The first-order chi connectivity index (χ1) is 18.2. The van der Waals surface area contributed by atoms with Crippen LogP contribution in [0.25, 0.3) is 16.3 Å². The molecule has 1 aliphatic carbocycles. The van der Waals surface area contributed by atoms with Gasteiger partial charge >= 0.3 is 0 Å². The Morgan fingerprint density at radius 3 is 2.61 bits per heavy atom. The second-order valence-corrected chi connectivity index (χ2v) is 14.3. The SMILES string of the molecule is CCC(=Cc1sc2ccc(Cl)cc2[n+]1CCCS(=O)(=O)O)C=C1Sc2ccc(Cl)cc2N1C1CCCCC1. The van der Waals surface area contributed by atoms with Crippen LogP contribution in [0.1, 0.15) is 56.9 Å². The van der Waals surface area contributed by atoms with E-state index < -0.39 is 10.1 Å². The Morgan fingerprint density at radius 2 is 1.87 bits per heavy atom. The molecule has 0 radical (unpaired) electrons. The summed E-state index contributed by atoms with van der Waals surface area (Å²) >= 11 is 16.2. The van der Waals surface area contributed by atoms with E-state index in [0.717, 1.165) is 26.7 Å². The number of nitrogens with zero attached hydrogens (tertiary/aromatic N) is 2. The third-order valence-electron chi connectivity index (χ3n) is 7.07. The average molecular weight is 611 g/mol. The predicted molar refractivity (Wildman–Crippen MR) is 161 cm³/mol. The van der Waals surface area contributed by atoms with E-state index in [-0.39, 0.29) is 5.75 Å². The van der Waals surface area contributed by atoms with E-state index in [1.54, 1.807) is 23.1 Å². The quantitative estimate of drug-likeness (QED) is 0.205. The summed E-state index contributed by atoms with van der Waals surface area (Å²) in [5.74, 6) is -0.278. The molecule has 0 atom stereocenters. The van der Waals surface area contributed by atoms with Crippen molar-refractivity contribution < 1.29 is 17.5 Å². The van der Waals surface area contributed by atoms with Crippen LogP contribution >= 0.6 is 46.3 Å². The van der Waals surface area contributed by atoms with Crippen molar-refractivity contribution in [1.29, 1.82) is 0 Å². The molecule has 0 spiro atoms. The number of aromatic nitrogens is 1. The van der Waals surface area contributed by atoms with Gasteiger partial charge in [-0.3, -0.25) is 4.55 Å². The molecular formula is C28H31Cl2N2O3S3+. The van der Waals surface area contributed by atoms with Gasteiger partial charge in [-0.25, -0.2) is 0 Å². The summed E-state index contributed by atoms with van der Waals surface area (Å²) in [4.78, 5) is 3.73. The lowest BCUT2D eigenvalue weighted by Crippen LogP contribution is -2.36. The standard InChI is InChI=1S/C28H30Cl2N2O3S3/c1-2-19(15-27-31(13-6-14-38(33,34)35)23-17-20(29)9-11-25(23)36-27)16-28-32(22-7-4-3-5-8-22)24-18-21(30)10-12-26(24)37-28/h9-12,15-18,22H,2-8,13-14H2,1H3/p+1. The maximum Gasteiger partial charge on any atom is 0.265 e. The van der Waals surface area contributed by atoms with Crippen molar-refractivity contribution in [3.05, 3.63) is 68.1 Å². The van der Waals surface area contributed by atoms with Crippen LogP contribution in [0, 0.1) is 0 Å². The Balaban J connectivity index is 1.53. The van der Waals surface area contributed by atoms with Crippen LogP contribution in [-0.4, -0.2) is 24.8 Å². The van der Waals surface area contributed by atoms with Gasteiger partial charge in [-0.2, -0.15) is 13.0 Å². The van der Waals surface area contributed by atoms with Gasteiger partial charge in [0.1, 0.15) is 4.70 Å². The molecule has 5 nitrogen and oxygen atoms in total. The highest BCUT2D eigenvalue weighted by molar-refractivity contribution is 8.03. The molecule has 10 heteroatoms. The van der Waals surface area contributed by atoms with Gasteiger partial charge in [0.25, 0.3) is 15.1 Å². The molecule has 1 aromatic heterocycles. The molecule has 202 valence electrons. The van der Waals surface area contributed by atoms with E-state index >= 15 is 0 Å². The van der Waals surface area contributed by atoms with Crippen LogP contribution in [0.3, 0.4) is 0 Å². The predicted octanol–water partition coefficient (Wildman–Crippen LogP) is 8.35. The van der Waals surface area contributed by atoms with Gasteiger partial charge in [-0.15, -0.1) is 0 Å². The molecular weight excluding hydrogens is 579 g/mol. The van der Waals surface area contributed by atoms with E-state index in [2.05, 4.69) is 40.7 Å². The van der Waals surface area contributed by atoms with Crippen molar-refractivity contribution in [3.8, 4) is 0 Å². The number of aryl methyl sites for hydroxylation is 1. The lowest BCUT2D eigenvalue weighted by Gasteiger charge is -2.33. The number of thiazole rings is 1. The normalized spacial score (nSPS) is 18.1. The highest BCUT2D eigenvalue weighted by Gasteiger charge is 2.32. The minimum Gasteiger partial charge on any atom is -0.332 e. The number of benzene rings is 2. The molecule has 2 heterocycles. The van der Waals surface area contributed by atoms with Crippen LogP contribution in [0.4, 0.5) is 5.69 Å². The molecule has 1 saturated carbocycles. The summed E-state index contributed by atoms with van der Waals surface area (Å²) in [5.41, 5.74) is 3.36. The van der Waals surface area contributed by atoms with Gasteiger partial charge in [-0.1, -0.05) is 72.5 Å². The summed E-state index contributed by atoms with van der Waals surface area (Å²) in [7, 11) is -4.02.